The van der Waals surface area contributed by atoms with Gasteiger partial charge in [0.05, 0.1) is 30.7 Å². The molecule has 0 aromatic heterocycles. The molecule has 4 heterocycles. The van der Waals surface area contributed by atoms with Crippen LogP contribution < -0.4 is 10.2 Å². The fraction of sp³-hybridized carbons (Fsp3) is 0.700. The fourth-order valence-corrected chi connectivity index (χ4v) is 6.67. The molecule has 2 amide bonds. The molecule has 3 atom stereocenters. The van der Waals surface area contributed by atoms with Gasteiger partial charge in [-0.2, -0.15) is 5.10 Å². The SMILES string of the molecule is CC1C2C(=O)N(CCCNC(=O)OC(C)(C)C)c3cc4c(cc3C2=NN1C1CCCCO1)CCC1(C4)OCCO1. The van der Waals surface area contributed by atoms with Crippen LogP contribution in [0, 0.1) is 5.92 Å². The van der Waals surface area contributed by atoms with E-state index in [-0.39, 0.29) is 24.1 Å². The van der Waals surface area contributed by atoms with Gasteiger partial charge in [0.2, 0.25) is 5.91 Å². The summed E-state index contributed by atoms with van der Waals surface area (Å²) >= 11 is 0. The number of carbonyl (C=O) groups excluding carboxylic acids is 2. The number of hydrogen-bond acceptors (Lipinski definition) is 8. The normalized spacial score (nSPS) is 27.2. The molecule has 0 bridgehead atoms. The molecule has 40 heavy (non-hydrogen) atoms. The minimum atomic E-state index is -0.558. The van der Waals surface area contributed by atoms with Crippen LogP contribution in [0.25, 0.3) is 0 Å². The van der Waals surface area contributed by atoms with E-state index in [1.807, 2.05) is 30.7 Å². The van der Waals surface area contributed by atoms with Crippen molar-refractivity contribution in [2.24, 2.45) is 11.0 Å². The van der Waals surface area contributed by atoms with Gasteiger partial charge >= 0.3 is 6.09 Å². The van der Waals surface area contributed by atoms with E-state index >= 15 is 0 Å². The first-order chi connectivity index (χ1) is 19.1. The molecule has 1 aromatic rings. The smallest absolute Gasteiger partial charge is 0.407 e. The maximum Gasteiger partial charge on any atom is 0.407 e. The highest BCUT2D eigenvalue weighted by atomic mass is 16.7. The lowest BCUT2D eigenvalue weighted by Crippen LogP contribution is -2.50. The van der Waals surface area contributed by atoms with Gasteiger partial charge in [-0.15, -0.1) is 0 Å². The summed E-state index contributed by atoms with van der Waals surface area (Å²) in [7, 11) is 0. The molecule has 0 radical (unpaired) electrons. The zero-order valence-electron chi connectivity index (χ0n) is 24.2. The second-order valence-electron chi connectivity index (χ2n) is 12.6. The summed E-state index contributed by atoms with van der Waals surface area (Å²) in [6, 6.07) is 4.30. The number of aryl methyl sites for hydroxylation is 1. The van der Waals surface area contributed by atoms with Gasteiger partial charge in [-0.3, -0.25) is 9.80 Å². The van der Waals surface area contributed by atoms with Crippen molar-refractivity contribution in [3.63, 3.8) is 0 Å². The van der Waals surface area contributed by atoms with Gasteiger partial charge in [0, 0.05) is 38.1 Å². The summed E-state index contributed by atoms with van der Waals surface area (Å²) in [5.41, 5.74) is 4.63. The lowest BCUT2D eigenvalue weighted by atomic mass is 9.80. The molecule has 6 rings (SSSR count). The molecule has 218 valence electrons. The molecule has 2 saturated heterocycles. The number of nitrogens with one attached hydrogen (secondary N) is 1. The Balaban J connectivity index is 1.28. The number of amides is 2. The van der Waals surface area contributed by atoms with Crippen LogP contribution in [0.15, 0.2) is 17.2 Å². The molecule has 5 aliphatic rings. The molecular weight excluding hydrogens is 512 g/mol. The lowest BCUT2D eigenvalue weighted by molar-refractivity contribution is -0.163. The van der Waals surface area contributed by atoms with Gasteiger partial charge in [0.25, 0.3) is 0 Å². The summed E-state index contributed by atoms with van der Waals surface area (Å²) < 4.78 is 23.5. The van der Waals surface area contributed by atoms with E-state index in [2.05, 4.69) is 24.4 Å². The molecule has 1 aromatic carbocycles. The van der Waals surface area contributed by atoms with Crippen LogP contribution in [-0.4, -0.2) is 79.3 Å². The Hall–Kier alpha value is -2.69. The number of ether oxygens (including phenoxy) is 4. The van der Waals surface area contributed by atoms with E-state index in [4.69, 9.17) is 24.0 Å². The third kappa shape index (κ3) is 5.21. The standard InChI is InChI=1S/C30H42N4O6/c1-19-25-26(32-34(19)24-8-5-6-13-37-24)22-16-20-9-10-30(38-14-15-39-30)18-21(20)17-23(22)33(27(25)35)12-7-11-31-28(36)40-29(2,3)4/h16-17,19,24-25H,5-15,18H2,1-4H3,(H,31,36). The highest BCUT2D eigenvalue weighted by Crippen LogP contribution is 2.43. The molecule has 4 aliphatic heterocycles. The number of alkyl carbamates (subject to hydrolysis) is 1. The zero-order valence-corrected chi connectivity index (χ0v) is 24.2. The van der Waals surface area contributed by atoms with Crippen molar-refractivity contribution in [2.45, 2.75) is 96.3 Å². The van der Waals surface area contributed by atoms with Crippen molar-refractivity contribution in [3.05, 3.63) is 28.8 Å². The minimum Gasteiger partial charge on any atom is -0.444 e. The fourth-order valence-electron chi connectivity index (χ4n) is 6.67. The zero-order chi connectivity index (χ0) is 28.1. The number of hydrazone groups is 1. The van der Waals surface area contributed by atoms with Gasteiger partial charge in [-0.1, -0.05) is 0 Å². The Morgan fingerprint density at radius 1 is 1.18 bits per heavy atom. The molecule has 0 saturated carbocycles. The Morgan fingerprint density at radius 2 is 1.98 bits per heavy atom. The van der Waals surface area contributed by atoms with Gasteiger partial charge in [0.15, 0.2) is 5.79 Å². The summed E-state index contributed by atoms with van der Waals surface area (Å²) in [6.07, 6.45) is 5.49. The third-order valence-corrected chi connectivity index (χ3v) is 8.56. The first-order valence-corrected chi connectivity index (χ1v) is 14.8. The first kappa shape index (κ1) is 27.5. The molecule has 1 spiro atoms. The van der Waals surface area contributed by atoms with Crippen LogP contribution in [0.1, 0.15) is 76.5 Å². The number of benzene rings is 1. The molecule has 10 heteroatoms. The predicted molar refractivity (Wildman–Crippen MR) is 149 cm³/mol. The van der Waals surface area contributed by atoms with Crippen molar-refractivity contribution < 1.29 is 28.5 Å². The largest absolute Gasteiger partial charge is 0.444 e. The highest BCUT2D eigenvalue weighted by Gasteiger charge is 2.49. The van der Waals surface area contributed by atoms with E-state index in [0.717, 1.165) is 61.2 Å². The Morgan fingerprint density at radius 3 is 2.70 bits per heavy atom. The van der Waals surface area contributed by atoms with E-state index in [1.54, 1.807) is 0 Å². The lowest BCUT2D eigenvalue weighted by Gasteiger charge is -2.38. The average Bonchev–Trinajstić information content (AvgIpc) is 3.51. The minimum absolute atomic E-state index is 0.0492. The van der Waals surface area contributed by atoms with E-state index in [1.165, 1.54) is 5.56 Å². The van der Waals surface area contributed by atoms with Crippen molar-refractivity contribution in [3.8, 4) is 0 Å². The summed E-state index contributed by atoms with van der Waals surface area (Å²) in [6.45, 7) is 10.5. The molecule has 2 fully saturated rings. The topological polar surface area (TPSA) is 102 Å². The van der Waals surface area contributed by atoms with Crippen LogP contribution in [0.2, 0.25) is 0 Å². The highest BCUT2D eigenvalue weighted by molar-refractivity contribution is 6.25. The molecular formula is C30H42N4O6. The molecule has 10 nitrogen and oxygen atoms in total. The Kier molecular flexibility index (Phi) is 7.29. The van der Waals surface area contributed by atoms with Gasteiger partial charge in [-0.05, 0) is 83.1 Å². The van der Waals surface area contributed by atoms with Crippen molar-refractivity contribution in [1.29, 1.82) is 0 Å². The van der Waals surface area contributed by atoms with Crippen LogP contribution in [-0.2, 0) is 36.6 Å². The number of anilines is 1. The average molecular weight is 555 g/mol. The van der Waals surface area contributed by atoms with E-state index in [0.29, 0.717) is 39.1 Å². The quantitative estimate of drug-likeness (QED) is 0.554. The molecule has 3 unspecified atom stereocenters. The predicted octanol–water partition coefficient (Wildman–Crippen LogP) is 3.73. The maximum atomic E-state index is 14.2. The monoisotopic (exact) mass is 554 g/mol. The second-order valence-corrected chi connectivity index (χ2v) is 12.6. The number of fused-ring (bicyclic) bond motifs is 4. The Labute approximate surface area is 236 Å². The van der Waals surface area contributed by atoms with E-state index < -0.39 is 17.5 Å². The molecule has 1 aliphatic carbocycles. The van der Waals surface area contributed by atoms with Crippen LogP contribution >= 0.6 is 0 Å². The van der Waals surface area contributed by atoms with Gasteiger partial charge in [0.1, 0.15) is 17.7 Å². The number of hydrogen-bond donors (Lipinski definition) is 1. The molecule has 1 N–H and O–H groups in total. The van der Waals surface area contributed by atoms with Crippen molar-refractivity contribution >= 4 is 23.4 Å². The first-order valence-electron chi connectivity index (χ1n) is 14.8. The summed E-state index contributed by atoms with van der Waals surface area (Å²) in [5, 5.41) is 9.92. The number of carbonyl (C=O) groups is 2. The number of nitrogens with zero attached hydrogens (tertiary/aromatic N) is 3. The van der Waals surface area contributed by atoms with Crippen LogP contribution in [0.3, 0.4) is 0 Å². The number of rotatable bonds is 5. The van der Waals surface area contributed by atoms with Gasteiger partial charge < -0.3 is 29.2 Å². The van der Waals surface area contributed by atoms with E-state index in [9.17, 15) is 9.59 Å². The third-order valence-electron chi connectivity index (χ3n) is 8.56. The second kappa shape index (κ2) is 10.6. The summed E-state index contributed by atoms with van der Waals surface area (Å²) in [4.78, 5) is 28.2. The van der Waals surface area contributed by atoms with Crippen molar-refractivity contribution in [2.75, 3.05) is 37.8 Å². The van der Waals surface area contributed by atoms with Gasteiger partial charge in [-0.25, -0.2) is 4.79 Å². The van der Waals surface area contributed by atoms with Crippen molar-refractivity contribution in [1.82, 2.24) is 10.3 Å². The van der Waals surface area contributed by atoms with Crippen LogP contribution in [0.4, 0.5) is 10.5 Å². The maximum absolute atomic E-state index is 14.2. The summed E-state index contributed by atoms with van der Waals surface area (Å²) in [5.74, 6) is -0.862. The Bertz CT molecular complexity index is 1180. The van der Waals surface area contributed by atoms with Crippen LogP contribution in [0.5, 0.6) is 0 Å².